The van der Waals surface area contributed by atoms with Gasteiger partial charge in [-0.3, -0.25) is 4.79 Å². The van der Waals surface area contributed by atoms with E-state index in [1.54, 1.807) is 320 Å². The molecular formula is C71H12O2. The van der Waals surface area contributed by atoms with Gasteiger partial charge in [0.15, 0.2) is 0 Å². The molecule has 0 atom stereocenters. The van der Waals surface area contributed by atoms with Crippen LogP contribution in [-0.2, 0) is 25.8 Å². The molecule has 308 valence electrons. The van der Waals surface area contributed by atoms with Crippen molar-refractivity contribution in [2.75, 3.05) is 7.11 Å². The topological polar surface area (TPSA) is 26.3 Å². The van der Waals surface area contributed by atoms with Crippen LogP contribution in [0.15, 0.2) is 30.3 Å². The van der Waals surface area contributed by atoms with E-state index in [2.05, 4.69) is 30.3 Å². The Hall–Kier alpha value is -8.85. The second-order valence-corrected chi connectivity index (χ2v) is 26.6. The molecule has 1 fully saturated rings. The van der Waals surface area contributed by atoms with Gasteiger partial charge >= 0.3 is 5.97 Å². The van der Waals surface area contributed by atoms with E-state index in [0.717, 1.165) is 6.42 Å². The molecule has 0 N–H and O–H groups in total. The van der Waals surface area contributed by atoms with Crippen molar-refractivity contribution in [2.45, 2.75) is 29.1 Å². The van der Waals surface area contributed by atoms with E-state index in [0.29, 0.717) is 6.42 Å². The Morgan fingerprint density at radius 1 is 0.288 bits per heavy atom. The number of methoxy groups -OCH3 is 1. The molecule has 29 aromatic carbocycles. The van der Waals surface area contributed by atoms with E-state index in [9.17, 15) is 4.79 Å². The van der Waals surface area contributed by atoms with Crippen LogP contribution in [0.4, 0.5) is 0 Å². The van der Waals surface area contributed by atoms with Gasteiger partial charge in [0.2, 0.25) is 0 Å². The molecule has 2 spiro atoms. The molecule has 0 heterocycles. The summed E-state index contributed by atoms with van der Waals surface area (Å²) in [7, 11) is 1.62. The van der Waals surface area contributed by atoms with Crippen molar-refractivity contribution in [2.24, 2.45) is 0 Å². The van der Waals surface area contributed by atoms with Crippen molar-refractivity contribution in [1.82, 2.24) is 0 Å². The molecule has 2 heteroatoms. The fourth-order valence-corrected chi connectivity index (χ4v) is 26.8. The first-order valence-corrected chi connectivity index (χ1v) is 27.2. The first-order chi connectivity index (χ1) is 36.3. The lowest BCUT2D eigenvalue weighted by atomic mass is 9.68. The average molecular weight is 897 g/mol. The van der Waals surface area contributed by atoms with Crippen LogP contribution in [0.1, 0.15) is 40.7 Å². The molecule has 5 aliphatic carbocycles. The predicted molar refractivity (Wildman–Crippen MR) is 303 cm³/mol. The molecular weight excluding hydrogens is 885 g/mol. The van der Waals surface area contributed by atoms with Gasteiger partial charge in [-0.1, -0.05) is 30.3 Å². The van der Waals surface area contributed by atoms with Crippen LogP contribution in [0.5, 0.6) is 0 Å². The predicted octanol–water partition coefficient (Wildman–Crippen LogP) is 18.2. The molecule has 0 bridgehead atoms. The summed E-state index contributed by atoms with van der Waals surface area (Å²) in [5, 5.41) is 87.6. The number of hydrogen-bond acceptors (Lipinski definition) is 2. The van der Waals surface area contributed by atoms with Crippen molar-refractivity contribution < 1.29 is 9.53 Å². The van der Waals surface area contributed by atoms with E-state index >= 15 is 0 Å². The average Bonchev–Trinajstić information content (AvgIpc) is 3.80. The molecule has 0 radical (unpaired) electrons. The van der Waals surface area contributed by atoms with E-state index in [4.69, 9.17) is 4.74 Å². The largest absolute Gasteiger partial charge is 0.469 e. The standard InChI is InChI=1S/C71H12O2/c1-73-10(72)7-8-69(9-5-3-2-4-6-9)70-65-57-49-39-29-21-13-11-12-15-19-17(13)25-33-27(19)37-31-23(15)24-16(12)20-18-14(11)22(21)30-36-26(18)34-28(20)38-32(24)42-41(31)51-45(37)55-47(33)53(43(49)35(25)29)61(65)63(55)67-59(51)60-52(42)46(38)56-48(34)54-44(36)50(40(30)39)58(57)66(70)62(54)64(56)68(60)71(67,69)70/h2-6H,7-8H2,1H3. The molecule has 0 aromatic heterocycles. The molecule has 29 aromatic rings. The minimum absolute atomic E-state index is 0.0798. The normalized spacial score (nSPS) is 23.7. The van der Waals surface area contributed by atoms with Gasteiger partial charge in [0, 0.05) is 22.7 Å². The number of esters is 1. The van der Waals surface area contributed by atoms with E-state index in [-0.39, 0.29) is 5.97 Å². The third-order valence-corrected chi connectivity index (χ3v) is 26.7. The number of benzene rings is 19. The van der Waals surface area contributed by atoms with Crippen molar-refractivity contribution >= 4 is 297 Å². The van der Waals surface area contributed by atoms with Crippen LogP contribution in [0.3, 0.4) is 0 Å². The maximum atomic E-state index is 14.3. The van der Waals surface area contributed by atoms with Gasteiger partial charge in [-0.2, -0.15) is 0 Å². The number of rotatable bonds is 4. The van der Waals surface area contributed by atoms with Crippen molar-refractivity contribution in [3.05, 3.63) is 58.1 Å². The molecule has 34 rings (SSSR count). The highest BCUT2D eigenvalue weighted by Crippen LogP contribution is 2.97. The third-order valence-electron chi connectivity index (χ3n) is 26.7. The number of carbonyl (C=O) groups is 1. The molecule has 1 saturated carbocycles. The molecule has 2 nitrogen and oxygen atoms in total. The number of ether oxygens (including phenoxy) is 1. The van der Waals surface area contributed by atoms with Crippen LogP contribution in [0.2, 0.25) is 0 Å². The summed E-state index contributed by atoms with van der Waals surface area (Å²) in [6.07, 6.45) is 1.15. The Morgan fingerprint density at radius 2 is 0.466 bits per heavy atom. The number of carbonyl (C=O) groups excluding carboxylic acids is 1. The fraction of sp³-hybridized carbons (Fsp3) is 0.0845. The Balaban J connectivity index is 1.14. The maximum Gasteiger partial charge on any atom is 0.305 e. The summed E-state index contributed by atoms with van der Waals surface area (Å²) in [6, 6.07) is 11.9. The lowest BCUT2D eigenvalue weighted by molar-refractivity contribution is -0.140. The minimum Gasteiger partial charge on any atom is -0.469 e. The van der Waals surface area contributed by atoms with Crippen LogP contribution < -0.4 is 0 Å². The lowest BCUT2D eigenvalue weighted by Crippen LogP contribution is -2.27. The van der Waals surface area contributed by atoms with Gasteiger partial charge in [-0.05, 0) is 325 Å². The molecule has 0 amide bonds. The van der Waals surface area contributed by atoms with Crippen molar-refractivity contribution in [1.29, 1.82) is 0 Å². The molecule has 73 heavy (non-hydrogen) atoms. The van der Waals surface area contributed by atoms with Gasteiger partial charge in [-0.15, -0.1) is 0 Å². The lowest BCUT2D eigenvalue weighted by Gasteiger charge is -2.32. The van der Waals surface area contributed by atoms with Gasteiger partial charge in [0.05, 0.1) is 7.11 Å². The van der Waals surface area contributed by atoms with Gasteiger partial charge in [-0.25, -0.2) is 0 Å². The Labute approximate surface area is 398 Å². The second kappa shape index (κ2) is 6.28. The summed E-state index contributed by atoms with van der Waals surface area (Å²) >= 11 is 0. The third kappa shape index (κ3) is 1.46. The van der Waals surface area contributed by atoms with Crippen LogP contribution in [0, 0.1) is 0 Å². The first-order valence-electron chi connectivity index (χ1n) is 27.2. The zero-order valence-electron chi connectivity index (χ0n) is 37.6. The zero-order chi connectivity index (χ0) is 43.8. The summed E-state index contributed by atoms with van der Waals surface area (Å²) in [4.78, 5) is 14.3. The van der Waals surface area contributed by atoms with Crippen molar-refractivity contribution in [3.8, 4) is 0 Å². The van der Waals surface area contributed by atoms with Gasteiger partial charge in [0.1, 0.15) is 0 Å². The van der Waals surface area contributed by atoms with E-state index in [1.165, 1.54) is 5.56 Å². The second-order valence-electron chi connectivity index (χ2n) is 26.6. The van der Waals surface area contributed by atoms with Gasteiger partial charge in [0.25, 0.3) is 0 Å². The fourth-order valence-electron chi connectivity index (χ4n) is 26.8. The summed E-state index contributed by atoms with van der Waals surface area (Å²) in [6.45, 7) is 0. The van der Waals surface area contributed by atoms with Crippen molar-refractivity contribution in [3.63, 3.8) is 0 Å². The zero-order valence-corrected chi connectivity index (χ0v) is 37.6. The van der Waals surface area contributed by atoms with Gasteiger partial charge < -0.3 is 4.74 Å². The SMILES string of the molecule is COC(=O)CCC1(c2ccccc2)C23c4c5c6c7c8c9c(c%10c%11c2c2c4c4c%12c5c5c6c6c8c8c%13c9c9c%10c%10c%11c%11c2c2c4c4c%12c%12c5c5c6c8c6c8c%13c9c9c%10c%10c%11c2c2c4c4c%12c5c6c5c8c9c%10c2c45)C713. The minimum atomic E-state index is -0.431. The maximum absolute atomic E-state index is 14.3. The highest BCUT2D eigenvalue weighted by atomic mass is 16.5. The Bertz CT molecular complexity index is 6940. The Morgan fingerprint density at radius 3 is 0.644 bits per heavy atom. The van der Waals surface area contributed by atoms with Crippen LogP contribution in [-0.4, -0.2) is 13.1 Å². The molecule has 0 aliphatic heterocycles. The first kappa shape index (κ1) is 27.7. The molecule has 0 saturated heterocycles. The summed E-state index contributed by atoms with van der Waals surface area (Å²) < 4.78 is 5.79. The van der Waals surface area contributed by atoms with E-state index < -0.39 is 16.2 Å². The molecule has 0 unspecified atom stereocenters. The quantitative estimate of drug-likeness (QED) is 0.130. The summed E-state index contributed by atoms with van der Waals surface area (Å²) in [5.74, 6) is -0.0798. The van der Waals surface area contributed by atoms with Crippen LogP contribution >= 0.6 is 0 Å². The monoisotopic (exact) mass is 896 g/mol. The Kier molecular flexibility index (Phi) is 2.38. The molecule has 5 aliphatic rings. The van der Waals surface area contributed by atoms with E-state index in [1.807, 2.05) is 0 Å². The highest BCUT2D eigenvalue weighted by Gasteiger charge is 2.94. The number of hydrogen-bond donors (Lipinski definition) is 0. The highest BCUT2D eigenvalue weighted by molar-refractivity contribution is 6.82. The summed E-state index contributed by atoms with van der Waals surface area (Å²) in [5.41, 5.74) is 6.90. The smallest absolute Gasteiger partial charge is 0.305 e. The van der Waals surface area contributed by atoms with Crippen LogP contribution in [0.25, 0.3) is 291 Å².